The van der Waals surface area contributed by atoms with Crippen LogP contribution in [0.25, 0.3) is 0 Å². The van der Waals surface area contributed by atoms with Crippen LogP contribution in [0.2, 0.25) is 0 Å². The number of ether oxygens (including phenoxy) is 2. The van der Waals surface area contributed by atoms with E-state index in [9.17, 15) is 0 Å². The first kappa shape index (κ1) is 26.8. The lowest BCUT2D eigenvalue weighted by atomic mass is 10.1. The van der Waals surface area contributed by atoms with E-state index in [0.717, 1.165) is 68.9 Å². The van der Waals surface area contributed by atoms with Crippen LogP contribution in [-0.2, 0) is 6.42 Å². The van der Waals surface area contributed by atoms with Crippen LogP contribution >= 0.6 is 24.0 Å². The third-order valence-electron chi connectivity index (χ3n) is 5.66. The number of likely N-dealkylation sites (tertiary alicyclic amines) is 1. The summed E-state index contributed by atoms with van der Waals surface area (Å²) in [4.78, 5) is 9.45. The zero-order valence-corrected chi connectivity index (χ0v) is 21.8. The first-order valence-corrected chi connectivity index (χ1v) is 11.1. The number of nitrogens with zero attached hydrogens (tertiary/aromatic N) is 3. The minimum atomic E-state index is 0. The molecule has 0 saturated carbocycles. The second kappa shape index (κ2) is 14.7. The topological polar surface area (TPSA) is 49.3 Å². The van der Waals surface area contributed by atoms with Crippen LogP contribution in [0.3, 0.4) is 0 Å². The van der Waals surface area contributed by atoms with E-state index in [1.165, 1.54) is 18.5 Å². The van der Waals surface area contributed by atoms with Crippen LogP contribution in [0.1, 0.15) is 39.2 Å². The van der Waals surface area contributed by atoms with E-state index in [1.54, 1.807) is 7.11 Å². The second-order valence-corrected chi connectivity index (χ2v) is 7.58. The van der Waals surface area contributed by atoms with E-state index < -0.39 is 0 Å². The molecule has 30 heavy (non-hydrogen) atoms. The van der Waals surface area contributed by atoms with Crippen molar-refractivity contribution < 1.29 is 9.47 Å². The van der Waals surface area contributed by atoms with Gasteiger partial charge in [-0.05, 0) is 62.9 Å². The van der Waals surface area contributed by atoms with Crippen molar-refractivity contribution in [1.29, 1.82) is 0 Å². The van der Waals surface area contributed by atoms with Crippen molar-refractivity contribution in [3.63, 3.8) is 0 Å². The molecule has 1 atom stereocenters. The number of guanidine groups is 1. The van der Waals surface area contributed by atoms with E-state index in [4.69, 9.17) is 9.47 Å². The average Bonchev–Trinajstić information content (AvgIpc) is 3.20. The molecule has 1 N–H and O–H groups in total. The summed E-state index contributed by atoms with van der Waals surface area (Å²) in [5.74, 6) is 3.40. The fraction of sp³-hybridized carbons (Fsp3) is 0.696. The van der Waals surface area contributed by atoms with E-state index in [2.05, 4.69) is 46.1 Å². The second-order valence-electron chi connectivity index (χ2n) is 7.58. The SMILES string of the molecule is CCOc1cc(CCCNC(=NC)N2CCC(CN(CC)CC)C2)ccc1OC.I. The summed E-state index contributed by atoms with van der Waals surface area (Å²) in [5, 5.41) is 3.55. The molecule has 1 saturated heterocycles. The molecule has 6 nitrogen and oxygen atoms in total. The Morgan fingerprint density at radius 3 is 2.63 bits per heavy atom. The molecule has 0 spiro atoms. The van der Waals surface area contributed by atoms with Gasteiger partial charge in [-0.3, -0.25) is 4.99 Å². The number of nitrogens with one attached hydrogen (secondary N) is 1. The third-order valence-corrected chi connectivity index (χ3v) is 5.66. The standard InChI is InChI=1S/C23H40N4O2.HI/c1-6-26(7-2)17-20-13-15-27(18-20)23(24-4)25-14-9-10-19-11-12-21(28-5)22(16-19)29-8-3;/h11-12,16,20H,6-10,13-15,17-18H2,1-5H3,(H,24,25);1H. The van der Waals surface area contributed by atoms with Gasteiger partial charge in [-0.15, -0.1) is 24.0 Å². The molecule has 7 heteroatoms. The Hall–Kier alpha value is -1.22. The van der Waals surface area contributed by atoms with Crippen LogP contribution in [0.15, 0.2) is 23.2 Å². The Morgan fingerprint density at radius 2 is 2.00 bits per heavy atom. The number of aryl methyl sites for hydroxylation is 1. The van der Waals surface area contributed by atoms with Gasteiger partial charge in [0.15, 0.2) is 17.5 Å². The third kappa shape index (κ3) is 8.13. The van der Waals surface area contributed by atoms with Gasteiger partial charge in [-0.1, -0.05) is 19.9 Å². The lowest BCUT2D eigenvalue weighted by Crippen LogP contribution is -2.41. The largest absolute Gasteiger partial charge is 0.493 e. The van der Waals surface area contributed by atoms with Gasteiger partial charge in [0.25, 0.3) is 0 Å². The van der Waals surface area contributed by atoms with Crippen LogP contribution in [0, 0.1) is 5.92 Å². The van der Waals surface area contributed by atoms with Crippen molar-refractivity contribution in [3.8, 4) is 11.5 Å². The Labute approximate surface area is 200 Å². The quantitative estimate of drug-likeness (QED) is 0.203. The van der Waals surface area contributed by atoms with Crippen molar-refractivity contribution in [3.05, 3.63) is 23.8 Å². The Morgan fingerprint density at radius 1 is 1.23 bits per heavy atom. The molecule has 0 bridgehead atoms. The minimum absolute atomic E-state index is 0. The molecule has 1 heterocycles. The molecular weight excluding hydrogens is 491 g/mol. The van der Waals surface area contributed by atoms with Gasteiger partial charge in [0.1, 0.15) is 0 Å². The Balaban J connectivity index is 0.00000450. The van der Waals surface area contributed by atoms with Crippen molar-refractivity contribution in [1.82, 2.24) is 15.1 Å². The molecule has 1 aliphatic heterocycles. The maximum Gasteiger partial charge on any atom is 0.193 e. The van der Waals surface area contributed by atoms with Gasteiger partial charge in [-0.25, -0.2) is 0 Å². The van der Waals surface area contributed by atoms with Crippen molar-refractivity contribution in [2.75, 3.05) is 60.0 Å². The van der Waals surface area contributed by atoms with Gasteiger partial charge in [0.2, 0.25) is 0 Å². The van der Waals surface area contributed by atoms with Gasteiger partial charge in [-0.2, -0.15) is 0 Å². The molecule has 0 amide bonds. The summed E-state index contributed by atoms with van der Waals surface area (Å²) in [6.07, 6.45) is 3.30. The minimum Gasteiger partial charge on any atom is -0.493 e. The molecule has 1 aromatic rings. The lowest BCUT2D eigenvalue weighted by molar-refractivity contribution is 0.255. The van der Waals surface area contributed by atoms with Gasteiger partial charge in [0, 0.05) is 33.2 Å². The van der Waals surface area contributed by atoms with Gasteiger partial charge in [0.05, 0.1) is 13.7 Å². The fourth-order valence-corrected chi connectivity index (χ4v) is 3.99. The summed E-state index contributed by atoms with van der Waals surface area (Å²) in [5.41, 5.74) is 1.27. The molecule has 172 valence electrons. The van der Waals surface area contributed by atoms with Crippen LogP contribution in [0.5, 0.6) is 11.5 Å². The van der Waals surface area contributed by atoms with Gasteiger partial charge >= 0.3 is 0 Å². The predicted octanol–water partition coefficient (Wildman–Crippen LogP) is 3.88. The van der Waals surface area contributed by atoms with Crippen molar-refractivity contribution in [2.45, 2.75) is 40.0 Å². The maximum absolute atomic E-state index is 5.68. The molecule has 0 radical (unpaired) electrons. The predicted molar refractivity (Wildman–Crippen MR) is 137 cm³/mol. The summed E-state index contributed by atoms with van der Waals surface area (Å²) in [6, 6.07) is 6.21. The molecular formula is C23H41IN4O2. The first-order valence-electron chi connectivity index (χ1n) is 11.1. The highest BCUT2D eigenvalue weighted by atomic mass is 127. The molecule has 0 aromatic heterocycles. The molecule has 1 fully saturated rings. The molecule has 1 aromatic carbocycles. The smallest absolute Gasteiger partial charge is 0.193 e. The fourth-order valence-electron chi connectivity index (χ4n) is 3.99. The zero-order chi connectivity index (χ0) is 21.1. The van der Waals surface area contributed by atoms with Crippen LogP contribution in [0.4, 0.5) is 0 Å². The number of rotatable bonds is 11. The number of aliphatic imine (C=N–C) groups is 1. The van der Waals surface area contributed by atoms with E-state index in [-0.39, 0.29) is 24.0 Å². The molecule has 1 aliphatic rings. The normalized spacial score (nSPS) is 16.5. The highest BCUT2D eigenvalue weighted by Gasteiger charge is 2.25. The lowest BCUT2D eigenvalue weighted by Gasteiger charge is -2.24. The van der Waals surface area contributed by atoms with Crippen molar-refractivity contribution in [2.24, 2.45) is 10.9 Å². The van der Waals surface area contributed by atoms with E-state index in [1.807, 2.05) is 20.0 Å². The number of hydrogen-bond acceptors (Lipinski definition) is 4. The van der Waals surface area contributed by atoms with E-state index in [0.29, 0.717) is 6.61 Å². The number of methoxy groups -OCH3 is 1. The summed E-state index contributed by atoms with van der Waals surface area (Å²) in [7, 11) is 3.57. The molecule has 0 aliphatic carbocycles. The zero-order valence-electron chi connectivity index (χ0n) is 19.4. The average molecular weight is 533 g/mol. The summed E-state index contributed by atoms with van der Waals surface area (Å²) in [6.45, 7) is 13.7. The first-order chi connectivity index (χ1) is 14.1. The van der Waals surface area contributed by atoms with E-state index >= 15 is 0 Å². The Kier molecular flexibility index (Phi) is 13.2. The van der Waals surface area contributed by atoms with Gasteiger partial charge < -0.3 is 24.6 Å². The number of halogens is 1. The monoisotopic (exact) mass is 532 g/mol. The molecule has 2 rings (SSSR count). The van der Waals surface area contributed by atoms with Crippen LogP contribution in [-0.4, -0.2) is 75.8 Å². The molecule has 1 unspecified atom stereocenters. The summed E-state index contributed by atoms with van der Waals surface area (Å²) < 4.78 is 11.0. The van der Waals surface area contributed by atoms with Crippen LogP contribution < -0.4 is 14.8 Å². The highest BCUT2D eigenvalue weighted by molar-refractivity contribution is 14.0. The van der Waals surface area contributed by atoms with Crippen molar-refractivity contribution >= 4 is 29.9 Å². The number of benzene rings is 1. The summed E-state index contributed by atoms with van der Waals surface area (Å²) >= 11 is 0. The number of hydrogen-bond donors (Lipinski definition) is 1. The maximum atomic E-state index is 5.68. The Bertz CT molecular complexity index is 638. The highest BCUT2D eigenvalue weighted by Crippen LogP contribution is 2.28.